The summed E-state index contributed by atoms with van der Waals surface area (Å²) < 4.78 is 31.2. The first kappa shape index (κ1) is 13.2. The second kappa shape index (κ2) is 6.11. The van der Waals surface area contributed by atoms with Gasteiger partial charge in [-0.05, 0) is 31.0 Å². The van der Waals surface area contributed by atoms with Crippen molar-refractivity contribution in [2.24, 2.45) is 5.92 Å². The van der Waals surface area contributed by atoms with Crippen LogP contribution in [0.4, 0.5) is 8.78 Å². The Labute approximate surface area is 105 Å². The molecule has 0 spiro atoms. The molecule has 0 aliphatic carbocycles. The number of rotatable bonds is 5. The van der Waals surface area contributed by atoms with Crippen LogP contribution < -0.4 is 4.74 Å². The summed E-state index contributed by atoms with van der Waals surface area (Å²) in [6.45, 7) is 3.05. The molecule has 0 saturated carbocycles. The summed E-state index contributed by atoms with van der Waals surface area (Å²) in [7, 11) is 0. The van der Waals surface area contributed by atoms with E-state index in [4.69, 9.17) is 9.84 Å². The lowest BCUT2D eigenvalue weighted by Gasteiger charge is -2.16. The van der Waals surface area contributed by atoms with Crippen LogP contribution in [0.25, 0.3) is 0 Å². The van der Waals surface area contributed by atoms with E-state index in [0.717, 1.165) is 25.6 Å². The Kier molecular flexibility index (Phi) is 4.49. The fraction of sp³-hybridized carbons (Fsp3) is 0.538. The van der Waals surface area contributed by atoms with Crippen molar-refractivity contribution in [3.05, 3.63) is 29.8 Å². The molecule has 0 radical (unpaired) electrons. The molecule has 1 atom stereocenters. The van der Waals surface area contributed by atoms with Gasteiger partial charge in [-0.3, -0.25) is 4.90 Å². The summed E-state index contributed by atoms with van der Waals surface area (Å²) in [5.41, 5.74) is 0. The van der Waals surface area contributed by atoms with Crippen LogP contribution in [-0.2, 0) is 0 Å². The van der Waals surface area contributed by atoms with Gasteiger partial charge in [0, 0.05) is 25.8 Å². The molecule has 0 aromatic heterocycles. The maximum Gasteiger partial charge on any atom is 0.167 e. The quantitative estimate of drug-likeness (QED) is 0.870. The predicted molar refractivity (Wildman–Crippen MR) is 63.5 cm³/mol. The Morgan fingerprint density at radius 3 is 2.89 bits per heavy atom. The minimum Gasteiger partial charge on any atom is -0.489 e. The van der Waals surface area contributed by atoms with Crippen molar-refractivity contribution in [3.8, 4) is 5.75 Å². The molecular weight excluding hydrogens is 240 g/mol. The molecule has 1 N–H and O–H groups in total. The van der Waals surface area contributed by atoms with E-state index in [0.29, 0.717) is 19.1 Å². The van der Waals surface area contributed by atoms with Crippen LogP contribution in [0.1, 0.15) is 6.42 Å². The third-order valence-electron chi connectivity index (χ3n) is 3.19. The van der Waals surface area contributed by atoms with Gasteiger partial charge in [0.15, 0.2) is 11.6 Å². The molecule has 1 fully saturated rings. The number of ether oxygens (including phenoxy) is 1. The second-order valence-corrected chi connectivity index (χ2v) is 4.56. The Morgan fingerprint density at radius 1 is 1.39 bits per heavy atom. The lowest BCUT2D eigenvalue weighted by molar-refractivity contribution is 0.202. The van der Waals surface area contributed by atoms with Crippen LogP contribution in [0.15, 0.2) is 18.2 Å². The van der Waals surface area contributed by atoms with E-state index in [2.05, 4.69) is 4.90 Å². The van der Waals surface area contributed by atoms with E-state index in [1.54, 1.807) is 0 Å². The van der Waals surface area contributed by atoms with Crippen molar-refractivity contribution in [1.29, 1.82) is 0 Å². The maximum absolute atomic E-state index is 13.3. The number of nitrogens with zero attached hydrogens (tertiary/aromatic N) is 1. The second-order valence-electron chi connectivity index (χ2n) is 4.56. The van der Waals surface area contributed by atoms with Crippen LogP contribution in [0.3, 0.4) is 0 Å². The van der Waals surface area contributed by atoms with Crippen molar-refractivity contribution < 1.29 is 18.6 Å². The molecule has 2 rings (SSSR count). The van der Waals surface area contributed by atoms with Crippen molar-refractivity contribution in [2.45, 2.75) is 6.42 Å². The first-order valence-corrected chi connectivity index (χ1v) is 6.10. The minimum atomic E-state index is -0.676. The number of hydrogen-bond acceptors (Lipinski definition) is 3. The van der Waals surface area contributed by atoms with Gasteiger partial charge in [-0.25, -0.2) is 8.78 Å². The molecule has 1 heterocycles. The molecule has 5 heteroatoms. The van der Waals surface area contributed by atoms with E-state index < -0.39 is 11.6 Å². The van der Waals surface area contributed by atoms with Crippen molar-refractivity contribution in [2.75, 3.05) is 32.8 Å². The highest BCUT2D eigenvalue weighted by Crippen LogP contribution is 2.18. The Bertz CT molecular complexity index is 401. The number of aliphatic hydroxyl groups is 1. The average Bonchev–Trinajstić information content (AvgIpc) is 2.80. The van der Waals surface area contributed by atoms with Gasteiger partial charge in [-0.15, -0.1) is 0 Å². The summed E-state index contributed by atoms with van der Waals surface area (Å²) in [5.74, 6) is -0.864. The number of hydrogen-bond donors (Lipinski definition) is 1. The van der Waals surface area contributed by atoms with Gasteiger partial charge in [-0.2, -0.15) is 0 Å². The van der Waals surface area contributed by atoms with Gasteiger partial charge < -0.3 is 9.84 Å². The Hall–Kier alpha value is -1.20. The number of likely N-dealkylation sites (tertiary alicyclic amines) is 1. The van der Waals surface area contributed by atoms with E-state index in [1.165, 1.54) is 12.1 Å². The molecule has 1 aliphatic heterocycles. The van der Waals surface area contributed by atoms with Crippen molar-refractivity contribution in [1.82, 2.24) is 4.90 Å². The highest BCUT2D eigenvalue weighted by atomic mass is 19.1. The van der Waals surface area contributed by atoms with Gasteiger partial charge in [0.1, 0.15) is 12.4 Å². The van der Waals surface area contributed by atoms with Gasteiger partial charge >= 0.3 is 0 Å². The number of benzene rings is 1. The SMILES string of the molecule is OCC1CCN(CCOc2ccc(F)cc2F)C1. The van der Waals surface area contributed by atoms with Gasteiger partial charge in [0.25, 0.3) is 0 Å². The smallest absolute Gasteiger partial charge is 0.167 e. The van der Waals surface area contributed by atoms with Gasteiger partial charge in [0.05, 0.1) is 0 Å². The molecule has 1 unspecified atom stereocenters. The van der Waals surface area contributed by atoms with Crippen LogP contribution in [0, 0.1) is 17.6 Å². The highest BCUT2D eigenvalue weighted by molar-refractivity contribution is 5.24. The standard InChI is InChI=1S/C13H17F2NO2/c14-11-1-2-13(12(15)7-11)18-6-5-16-4-3-10(8-16)9-17/h1-2,7,10,17H,3-6,8-9H2. The van der Waals surface area contributed by atoms with E-state index in [9.17, 15) is 8.78 Å². The summed E-state index contributed by atoms with van der Waals surface area (Å²) >= 11 is 0. The predicted octanol–water partition coefficient (Wildman–Crippen LogP) is 1.66. The first-order valence-electron chi connectivity index (χ1n) is 6.10. The molecule has 0 amide bonds. The Morgan fingerprint density at radius 2 is 2.22 bits per heavy atom. The molecule has 3 nitrogen and oxygen atoms in total. The largest absolute Gasteiger partial charge is 0.489 e. The molecule has 1 aromatic rings. The fourth-order valence-electron chi connectivity index (χ4n) is 2.14. The summed E-state index contributed by atoms with van der Waals surface area (Å²) in [6, 6.07) is 3.29. The number of halogens is 2. The van der Waals surface area contributed by atoms with E-state index in [-0.39, 0.29) is 12.4 Å². The van der Waals surface area contributed by atoms with Crippen molar-refractivity contribution >= 4 is 0 Å². The first-order chi connectivity index (χ1) is 8.69. The zero-order valence-electron chi connectivity index (χ0n) is 10.1. The third-order valence-corrected chi connectivity index (χ3v) is 3.19. The zero-order valence-corrected chi connectivity index (χ0v) is 10.1. The molecule has 18 heavy (non-hydrogen) atoms. The van der Waals surface area contributed by atoms with Crippen molar-refractivity contribution in [3.63, 3.8) is 0 Å². The van der Waals surface area contributed by atoms with Crippen LogP contribution in [-0.4, -0.2) is 42.9 Å². The summed E-state index contributed by atoms with van der Waals surface area (Å²) in [5, 5.41) is 9.01. The minimum absolute atomic E-state index is 0.0781. The summed E-state index contributed by atoms with van der Waals surface area (Å²) in [4.78, 5) is 2.17. The monoisotopic (exact) mass is 257 g/mol. The van der Waals surface area contributed by atoms with Crippen LogP contribution in [0.5, 0.6) is 5.75 Å². The lowest BCUT2D eigenvalue weighted by Crippen LogP contribution is -2.26. The molecular formula is C13H17F2NO2. The average molecular weight is 257 g/mol. The lowest BCUT2D eigenvalue weighted by atomic mass is 10.1. The fourth-order valence-corrected chi connectivity index (χ4v) is 2.14. The van der Waals surface area contributed by atoms with E-state index >= 15 is 0 Å². The maximum atomic E-state index is 13.3. The molecule has 1 aliphatic rings. The van der Waals surface area contributed by atoms with E-state index in [1.807, 2.05) is 0 Å². The zero-order chi connectivity index (χ0) is 13.0. The van der Waals surface area contributed by atoms with Gasteiger partial charge in [-0.1, -0.05) is 0 Å². The molecule has 100 valence electrons. The van der Waals surface area contributed by atoms with Crippen LogP contribution >= 0.6 is 0 Å². The van der Waals surface area contributed by atoms with Gasteiger partial charge in [0.2, 0.25) is 0 Å². The molecule has 1 aromatic carbocycles. The molecule has 1 saturated heterocycles. The topological polar surface area (TPSA) is 32.7 Å². The highest BCUT2D eigenvalue weighted by Gasteiger charge is 2.21. The Balaban J connectivity index is 1.75. The number of aliphatic hydroxyl groups excluding tert-OH is 1. The molecule has 0 bridgehead atoms. The summed E-state index contributed by atoms with van der Waals surface area (Å²) in [6.07, 6.45) is 0.988. The normalized spacial score (nSPS) is 20.3. The third kappa shape index (κ3) is 3.40. The van der Waals surface area contributed by atoms with Crippen LogP contribution in [0.2, 0.25) is 0 Å².